The quantitative estimate of drug-likeness (QED) is 0.716. The van der Waals surface area contributed by atoms with E-state index in [9.17, 15) is 9.59 Å². The lowest BCUT2D eigenvalue weighted by Crippen LogP contribution is -2.37. The van der Waals surface area contributed by atoms with Gasteiger partial charge in [-0.15, -0.1) is 0 Å². The second-order valence-corrected chi connectivity index (χ2v) is 3.69. The predicted molar refractivity (Wildman–Crippen MR) is 56.1 cm³/mol. The number of hydrogen-bond donors (Lipinski definition) is 1. The van der Waals surface area contributed by atoms with Crippen molar-refractivity contribution in [3.63, 3.8) is 0 Å². The van der Waals surface area contributed by atoms with Crippen LogP contribution in [-0.4, -0.2) is 41.0 Å². The molecular weight excluding hydrogens is 210 g/mol. The van der Waals surface area contributed by atoms with Crippen LogP contribution < -0.4 is 5.56 Å². The Labute approximate surface area is 92.3 Å². The number of aromatic nitrogens is 2. The minimum Gasteiger partial charge on any atom is -0.465 e. The Morgan fingerprint density at radius 2 is 2.38 bits per heavy atom. The Bertz CT molecular complexity index is 451. The Morgan fingerprint density at radius 1 is 1.62 bits per heavy atom. The van der Waals surface area contributed by atoms with Crippen molar-refractivity contribution < 1.29 is 9.53 Å². The molecule has 0 aromatic carbocycles. The number of aromatic amines is 1. The molecule has 0 bridgehead atoms. The van der Waals surface area contributed by atoms with Crippen molar-refractivity contribution in [2.75, 3.05) is 20.2 Å². The minimum atomic E-state index is -0.663. The average molecular weight is 223 g/mol. The molecular formula is C10H13N3O3. The number of ether oxygens (including phenoxy) is 1. The van der Waals surface area contributed by atoms with Crippen LogP contribution in [0.15, 0.2) is 11.0 Å². The Morgan fingerprint density at radius 3 is 2.88 bits per heavy atom. The second kappa shape index (κ2) is 4.44. The van der Waals surface area contributed by atoms with E-state index >= 15 is 0 Å². The van der Waals surface area contributed by atoms with Crippen molar-refractivity contribution in [2.24, 2.45) is 0 Å². The summed E-state index contributed by atoms with van der Waals surface area (Å²) in [5.41, 5.74) is -0.507. The maximum absolute atomic E-state index is 11.5. The molecule has 0 amide bonds. The molecule has 1 aromatic rings. The van der Waals surface area contributed by atoms with Gasteiger partial charge in [0.15, 0.2) is 0 Å². The normalized spacial score (nSPS) is 15.6. The van der Waals surface area contributed by atoms with E-state index in [0.717, 1.165) is 13.1 Å². The first kappa shape index (κ1) is 10.8. The molecule has 1 aliphatic rings. The van der Waals surface area contributed by atoms with Crippen LogP contribution in [0, 0.1) is 0 Å². The molecule has 0 unspecified atom stereocenters. The van der Waals surface area contributed by atoms with Crippen molar-refractivity contribution in [3.8, 4) is 0 Å². The predicted octanol–water partition coefficient (Wildman–Crippen LogP) is -0.238. The van der Waals surface area contributed by atoms with Gasteiger partial charge in [-0.2, -0.15) is 0 Å². The van der Waals surface area contributed by atoms with Crippen LogP contribution in [0.1, 0.15) is 22.6 Å². The number of hydrogen-bond acceptors (Lipinski definition) is 5. The molecule has 6 nitrogen and oxygen atoms in total. The first-order valence-corrected chi connectivity index (χ1v) is 5.09. The molecule has 2 rings (SSSR count). The molecule has 86 valence electrons. The zero-order valence-electron chi connectivity index (χ0n) is 9.02. The fourth-order valence-corrected chi connectivity index (χ4v) is 1.52. The van der Waals surface area contributed by atoms with Gasteiger partial charge in [0.1, 0.15) is 11.4 Å². The van der Waals surface area contributed by atoms with Crippen LogP contribution in [0.25, 0.3) is 0 Å². The molecule has 1 aliphatic heterocycles. The fraction of sp³-hybridized carbons (Fsp3) is 0.500. The molecule has 0 spiro atoms. The minimum absolute atomic E-state index is 0.0603. The maximum atomic E-state index is 11.5. The van der Waals surface area contributed by atoms with Gasteiger partial charge in [-0.05, 0) is 19.5 Å². The highest BCUT2D eigenvalue weighted by Crippen LogP contribution is 2.08. The van der Waals surface area contributed by atoms with Crippen molar-refractivity contribution in [1.82, 2.24) is 14.9 Å². The van der Waals surface area contributed by atoms with Gasteiger partial charge in [-0.25, -0.2) is 9.78 Å². The third-order valence-electron chi connectivity index (χ3n) is 2.58. The van der Waals surface area contributed by atoms with Crippen LogP contribution >= 0.6 is 0 Å². The van der Waals surface area contributed by atoms with Gasteiger partial charge < -0.3 is 9.72 Å². The highest BCUT2D eigenvalue weighted by molar-refractivity contribution is 5.88. The summed E-state index contributed by atoms with van der Waals surface area (Å²) in [5, 5.41) is 0. The smallest absolute Gasteiger partial charge is 0.345 e. The summed E-state index contributed by atoms with van der Waals surface area (Å²) in [6.07, 6.45) is 2.45. The molecule has 0 aliphatic carbocycles. The van der Waals surface area contributed by atoms with E-state index in [4.69, 9.17) is 0 Å². The molecule has 6 heteroatoms. The van der Waals surface area contributed by atoms with Gasteiger partial charge in [0.05, 0.1) is 13.7 Å². The lowest BCUT2D eigenvalue weighted by molar-refractivity contribution is 0.0598. The Kier molecular flexibility index (Phi) is 3.00. The molecule has 0 radical (unpaired) electrons. The molecule has 1 N–H and O–H groups in total. The highest BCUT2D eigenvalue weighted by Gasteiger charge is 2.16. The first-order valence-electron chi connectivity index (χ1n) is 5.09. The zero-order valence-corrected chi connectivity index (χ0v) is 9.02. The molecule has 2 heterocycles. The number of rotatable bonds is 3. The first-order chi connectivity index (χ1) is 7.70. The monoisotopic (exact) mass is 223 g/mol. The molecule has 0 atom stereocenters. The lowest BCUT2D eigenvalue weighted by atomic mass is 10.2. The van der Waals surface area contributed by atoms with Gasteiger partial charge in [-0.1, -0.05) is 0 Å². The van der Waals surface area contributed by atoms with Crippen LogP contribution in [0.5, 0.6) is 0 Å². The van der Waals surface area contributed by atoms with Gasteiger partial charge in [0, 0.05) is 6.20 Å². The fourth-order valence-electron chi connectivity index (χ4n) is 1.52. The Hall–Kier alpha value is -1.69. The van der Waals surface area contributed by atoms with Gasteiger partial charge in [-0.3, -0.25) is 9.69 Å². The topological polar surface area (TPSA) is 75.3 Å². The molecule has 1 aromatic heterocycles. The summed E-state index contributed by atoms with van der Waals surface area (Å²) in [4.78, 5) is 31.4. The van der Waals surface area contributed by atoms with Gasteiger partial charge in [0.25, 0.3) is 5.56 Å². The number of carbonyl (C=O) groups excluding carboxylic acids is 1. The number of likely N-dealkylation sites (tertiary alicyclic amines) is 1. The lowest BCUT2D eigenvalue weighted by Gasteiger charge is -2.29. The second-order valence-electron chi connectivity index (χ2n) is 3.69. The van der Waals surface area contributed by atoms with E-state index in [2.05, 4.69) is 19.6 Å². The standard InChI is InChI=1S/C10H13N3O3/c1-16-10(15)7-5-11-8(12-9(7)14)6-13-3-2-4-13/h5H,2-4,6H2,1H3,(H,11,12,14). The van der Waals surface area contributed by atoms with Crippen LogP contribution in [0.2, 0.25) is 0 Å². The number of nitrogens with one attached hydrogen (secondary N) is 1. The summed E-state index contributed by atoms with van der Waals surface area (Å²) in [6, 6.07) is 0. The summed E-state index contributed by atoms with van der Waals surface area (Å²) in [7, 11) is 1.23. The summed E-state index contributed by atoms with van der Waals surface area (Å²) < 4.78 is 4.46. The van der Waals surface area contributed by atoms with E-state index in [-0.39, 0.29) is 5.56 Å². The Balaban J connectivity index is 2.15. The average Bonchev–Trinajstić information content (AvgIpc) is 2.23. The zero-order chi connectivity index (χ0) is 11.5. The number of methoxy groups -OCH3 is 1. The number of esters is 1. The van der Waals surface area contributed by atoms with Crippen molar-refractivity contribution in [1.29, 1.82) is 0 Å². The summed E-state index contributed by atoms with van der Waals surface area (Å²) >= 11 is 0. The molecule has 1 fully saturated rings. The number of nitrogens with zero attached hydrogens (tertiary/aromatic N) is 2. The van der Waals surface area contributed by atoms with Gasteiger partial charge >= 0.3 is 5.97 Å². The third kappa shape index (κ3) is 2.11. The molecule has 0 saturated carbocycles. The highest BCUT2D eigenvalue weighted by atomic mass is 16.5. The SMILES string of the molecule is COC(=O)c1cnc(CN2CCC2)[nH]c1=O. The number of H-pyrrole nitrogens is 1. The van der Waals surface area contributed by atoms with E-state index < -0.39 is 11.5 Å². The third-order valence-corrected chi connectivity index (χ3v) is 2.58. The molecule has 1 saturated heterocycles. The van der Waals surface area contributed by atoms with Crippen LogP contribution in [-0.2, 0) is 11.3 Å². The van der Waals surface area contributed by atoms with Crippen LogP contribution in [0.4, 0.5) is 0 Å². The summed E-state index contributed by atoms with van der Waals surface area (Å²) in [5.74, 6) is -0.0818. The van der Waals surface area contributed by atoms with Crippen LogP contribution in [0.3, 0.4) is 0 Å². The maximum Gasteiger partial charge on any atom is 0.345 e. The van der Waals surface area contributed by atoms with E-state index in [0.29, 0.717) is 12.4 Å². The summed E-state index contributed by atoms with van der Waals surface area (Å²) in [6.45, 7) is 2.68. The van der Waals surface area contributed by atoms with E-state index in [1.165, 1.54) is 19.7 Å². The molecule has 16 heavy (non-hydrogen) atoms. The van der Waals surface area contributed by atoms with Gasteiger partial charge in [0.2, 0.25) is 0 Å². The van der Waals surface area contributed by atoms with E-state index in [1.54, 1.807) is 0 Å². The number of carbonyl (C=O) groups is 1. The van der Waals surface area contributed by atoms with E-state index in [1.807, 2.05) is 0 Å². The van der Waals surface area contributed by atoms with Crippen molar-refractivity contribution >= 4 is 5.97 Å². The largest absolute Gasteiger partial charge is 0.465 e. The van der Waals surface area contributed by atoms with Crippen molar-refractivity contribution in [3.05, 3.63) is 27.9 Å². The van der Waals surface area contributed by atoms with Crippen molar-refractivity contribution in [2.45, 2.75) is 13.0 Å².